The maximum atomic E-state index is 11.4. The lowest BCUT2D eigenvalue weighted by Gasteiger charge is -2.11. The molecule has 1 rings (SSSR count). The molecule has 4 N–H and O–H groups in total. The van der Waals surface area contributed by atoms with Crippen molar-refractivity contribution in [1.82, 2.24) is 0 Å². The maximum Gasteiger partial charge on any atom is 0.241 e. The summed E-state index contributed by atoms with van der Waals surface area (Å²) < 4.78 is 38.3. The lowest BCUT2D eigenvalue weighted by atomic mass is 10.3. The summed E-state index contributed by atoms with van der Waals surface area (Å²) in [6.07, 6.45) is 0.792. The lowest BCUT2D eigenvalue weighted by molar-refractivity contribution is 0.0799. The van der Waals surface area contributed by atoms with Gasteiger partial charge in [0.05, 0.1) is 6.61 Å². The lowest BCUT2D eigenvalue weighted by Crippen LogP contribution is -2.16. The van der Waals surface area contributed by atoms with Crippen molar-refractivity contribution in [3.05, 3.63) is 18.2 Å². The fourth-order valence-electron chi connectivity index (χ4n) is 1.48. The van der Waals surface area contributed by atoms with Gasteiger partial charge in [-0.25, -0.2) is 13.6 Å². The minimum absolute atomic E-state index is 0.128. The summed E-state index contributed by atoms with van der Waals surface area (Å²) in [6, 6.07) is 4.29. The summed E-state index contributed by atoms with van der Waals surface area (Å²) >= 11 is 0. The molecule has 0 saturated heterocycles. The predicted molar refractivity (Wildman–Crippen MR) is 75.0 cm³/mol. The molecule has 0 fully saturated rings. The van der Waals surface area contributed by atoms with Gasteiger partial charge in [0.1, 0.15) is 17.3 Å². The Morgan fingerprint density at radius 1 is 1.15 bits per heavy atom. The zero-order valence-corrected chi connectivity index (χ0v) is 12.2. The standard InChI is InChI=1S/C12H20N2O5S/c1-17-5-2-6-18-7-8-19-11-4-3-10(13)9-12(11)20(14,15)16/h3-4,9H,2,5-8,13H2,1H3,(H2,14,15,16). The normalized spacial score (nSPS) is 11.5. The number of benzene rings is 1. The van der Waals surface area contributed by atoms with E-state index in [1.165, 1.54) is 12.1 Å². The number of sulfonamides is 1. The SMILES string of the molecule is COCCCOCCOc1ccc(N)cc1S(N)(=O)=O. The maximum absolute atomic E-state index is 11.4. The van der Waals surface area contributed by atoms with Crippen molar-refractivity contribution in [2.45, 2.75) is 11.3 Å². The van der Waals surface area contributed by atoms with Gasteiger partial charge >= 0.3 is 0 Å². The van der Waals surface area contributed by atoms with E-state index in [9.17, 15) is 8.42 Å². The monoisotopic (exact) mass is 304 g/mol. The first-order chi connectivity index (χ1) is 9.45. The number of ether oxygens (including phenoxy) is 3. The van der Waals surface area contributed by atoms with Crippen molar-refractivity contribution in [2.75, 3.05) is 39.3 Å². The molecule has 1 aromatic rings. The molecule has 0 aliphatic rings. The number of primary sulfonamides is 1. The number of hydrogen-bond donors (Lipinski definition) is 2. The first-order valence-electron chi connectivity index (χ1n) is 6.07. The molecule has 0 spiro atoms. The fraction of sp³-hybridized carbons (Fsp3) is 0.500. The van der Waals surface area contributed by atoms with Crippen LogP contribution in [0, 0.1) is 0 Å². The zero-order valence-electron chi connectivity index (χ0n) is 11.4. The van der Waals surface area contributed by atoms with E-state index in [4.69, 9.17) is 25.1 Å². The van der Waals surface area contributed by atoms with Crippen LogP contribution in [0.1, 0.15) is 6.42 Å². The predicted octanol–water partition coefficient (Wildman–Crippen LogP) is 0.348. The van der Waals surface area contributed by atoms with E-state index < -0.39 is 10.0 Å². The van der Waals surface area contributed by atoms with Gasteiger partial charge in [-0.1, -0.05) is 0 Å². The molecule has 0 bridgehead atoms. The van der Waals surface area contributed by atoms with E-state index in [2.05, 4.69) is 0 Å². The summed E-state index contributed by atoms with van der Waals surface area (Å²) in [7, 11) is -2.25. The van der Waals surface area contributed by atoms with Gasteiger partial charge in [-0.2, -0.15) is 0 Å². The molecule has 0 atom stereocenters. The number of anilines is 1. The Morgan fingerprint density at radius 2 is 1.90 bits per heavy atom. The fourth-order valence-corrected chi connectivity index (χ4v) is 2.19. The Labute approximate surface area is 118 Å². The number of hydrogen-bond acceptors (Lipinski definition) is 6. The van der Waals surface area contributed by atoms with Gasteiger partial charge in [-0.15, -0.1) is 0 Å². The highest BCUT2D eigenvalue weighted by molar-refractivity contribution is 7.89. The smallest absolute Gasteiger partial charge is 0.241 e. The number of nitrogen functional groups attached to an aromatic ring is 1. The molecule has 0 amide bonds. The van der Waals surface area contributed by atoms with Crippen molar-refractivity contribution in [3.63, 3.8) is 0 Å². The molecule has 1 aromatic carbocycles. The Hall–Kier alpha value is -1.35. The molecule has 7 nitrogen and oxygen atoms in total. The van der Waals surface area contributed by atoms with Crippen molar-refractivity contribution in [1.29, 1.82) is 0 Å². The summed E-state index contributed by atoms with van der Waals surface area (Å²) in [5.74, 6) is 0.169. The number of methoxy groups -OCH3 is 1. The van der Waals surface area contributed by atoms with Crippen molar-refractivity contribution in [2.24, 2.45) is 5.14 Å². The van der Waals surface area contributed by atoms with Gasteiger partial charge in [0.15, 0.2) is 0 Å². The van der Waals surface area contributed by atoms with Crippen LogP contribution < -0.4 is 15.6 Å². The third kappa shape index (κ3) is 5.74. The van der Waals surface area contributed by atoms with Crippen LogP contribution in [0.3, 0.4) is 0 Å². The van der Waals surface area contributed by atoms with Crippen LogP contribution in [0.15, 0.2) is 23.1 Å². The molecule has 0 aliphatic carbocycles. The Balaban J connectivity index is 2.48. The Morgan fingerprint density at radius 3 is 2.55 bits per heavy atom. The molecule has 114 valence electrons. The Bertz CT molecular complexity index is 519. The van der Waals surface area contributed by atoms with E-state index in [0.717, 1.165) is 6.42 Å². The minimum Gasteiger partial charge on any atom is -0.490 e. The molecule has 0 aromatic heterocycles. The van der Waals surface area contributed by atoms with Crippen LogP contribution in [0.25, 0.3) is 0 Å². The highest BCUT2D eigenvalue weighted by atomic mass is 32.2. The second-order valence-corrected chi connectivity index (χ2v) is 5.59. The third-order valence-corrected chi connectivity index (χ3v) is 3.33. The highest BCUT2D eigenvalue weighted by Crippen LogP contribution is 2.24. The summed E-state index contributed by atoms with van der Waals surface area (Å²) in [5.41, 5.74) is 5.84. The van der Waals surface area contributed by atoms with Crippen LogP contribution in [-0.2, 0) is 19.5 Å². The minimum atomic E-state index is -3.87. The third-order valence-electron chi connectivity index (χ3n) is 2.40. The molecule has 20 heavy (non-hydrogen) atoms. The summed E-state index contributed by atoms with van der Waals surface area (Å²) in [4.78, 5) is -0.128. The number of nitrogens with two attached hydrogens (primary N) is 2. The van der Waals surface area contributed by atoms with Crippen molar-refractivity contribution in [3.8, 4) is 5.75 Å². The van der Waals surface area contributed by atoms with E-state index in [-0.39, 0.29) is 17.3 Å². The van der Waals surface area contributed by atoms with Crippen LogP contribution >= 0.6 is 0 Å². The second-order valence-electron chi connectivity index (χ2n) is 4.06. The first kappa shape index (κ1) is 16.7. The molecule has 0 aliphatic heterocycles. The molecule has 8 heteroatoms. The molecule has 0 saturated carbocycles. The summed E-state index contributed by atoms with van der Waals surface area (Å²) in [5, 5.41) is 5.10. The first-order valence-corrected chi connectivity index (χ1v) is 7.61. The average Bonchev–Trinajstić information content (AvgIpc) is 2.38. The topological polar surface area (TPSA) is 114 Å². The van der Waals surface area contributed by atoms with E-state index >= 15 is 0 Å². The van der Waals surface area contributed by atoms with Gasteiger partial charge in [0.2, 0.25) is 10.0 Å². The van der Waals surface area contributed by atoms with Crippen molar-refractivity contribution >= 4 is 15.7 Å². The molecular formula is C12H20N2O5S. The van der Waals surface area contributed by atoms with Gasteiger partial charge in [-0.05, 0) is 24.6 Å². The molecule has 0 radical (unpaired) electrons. The molecule has 0 unspecified atom stereocenters. The zero-order chi connectivity index (χ0) is 15.0. The van der Waals surface area contributed by atoms with E-state index in [0.29, 0.717) is 25.5 Å². The van der Waals surface area contributed by atoms with Crippen LogP contribution in [0.4, 0.5) is 5.69 Å². The average molecular weight is 304 g/mol. The van der Waals surface area contributed by atoms with Crippen LogP contribution in [-0.4, -0.2) is 42.0 Å². The van der Waals surface area contributed by atoms with Gasteiger partial charge in [-0.3, -0.25) is 0 Å². The van der Waals surface area contributed by atoms with Gasteiger partial charge in [0, 0.05) is 26.0 Å². The number of rotatable bonds is 9. The quantitative estimate of drug-likeness (QED) is 0.502. The van der Waals surface area contributed by atoms with E-state index in [1.54, 1.807) is 13.2 Å². The van der Waals surface area contributed by atoms with E-state index in [1.807, 2.05) is 0 Å². The summed E-state index contributed by atoms with van der Waals surface area (Å²) in [6.45, 7) is 1.76. The largest absolute Gasteiger partial charge is 0.490 e. The van der Waals surface area contributed by atoms with Gasteiger partial charge < -0.3 is 19.9 Å². The highest BCUT2D eigenvalue weighted by Gasteiger charge is 2.15. The molecule has 0 heterocycles. The van der Waals surface area contributed by atoms with Crippen LogP contribution in [0.5, 0.6) is 5.75 Å². The van der Waals surface area contributed by atoms with Crippen LogP contribution in [0.2, 0.25) is 0 Å². The molecular weight excluding hydrogens is 284 g/mol. The van der Waals surface area contributed by atoms with Gasteiger partial charge in [0.25, 0.3) is 0 Å². The van der Waals surface area contributed by atoms with Crippen molar-refractivity contribution < 1.29 is 22.6 Å². The Kier molecular flexibility index (Phi) is 6.73. The second kappa shape index (κ2) is 8.05.